The van der Waals surface area contributed by atoms with Gasteiger partial charge >= 0.3 is 0 Å². The van der Waals surface area contributed by atoms with Gasteiger partial charge in [0.25, 0.3) is 5.91 Å². The van der Waals surface area contributed by atoms with Crippen molar-refractivity contribution in [3.63, 3.8) is 0 Å². The van der Waals surface area contributed by atoms with Crippen molar-refractivity contribution in [1.82, 2.24) is 4.90 Å². The Hall–Kier alpha value is -2.45. The summed E-state index contributed by atoms with van der Waals surface area (Å²) in [7, 11) is 0. The second kappa shape index (κ2) is 9.78. The minimum atomic E-state index is -0.358. The van der Waals surface area contributed by atoms with Gasteiger partial charge in [-0.15, -0.1) is 0 Å². The zero-order valence-corrected chi connectivity index (χ0v) is 18.2. The molecule has 3 heterocycles. The monoisotopic (exact) mass is 430 g/mol. The highest BCUT2D eigenvalue weighted by Gasteiger charge is 2.47. The summed E-state index contributed by atoms with van der Waals surface area (Å²) >= 11 is 0. The van der Waals surface area contributed by atoms with Crippen LogP contribution in [0.2, 0.25) is 0 Å². The molecule has 0 saturated carbocycles. The summed E-state index contributed by atoms with van der Waals surface area (Å²) < 4.78 is 10.9. The zero-order valence-electron chi connectivity index (χ0n) is 18.2. The lowest BCUT2D eigenvalue weighted by atomic mass is 9.94. The molecule has 1 aromatic rings. The lowest BCUT2D eigenvalue weighted by Gasteiger charge is -2.35. The zero-order chi connectivity index (χ0) is 21.8. The first-order valence-electron chi connectivity index (χ1n) is 11.4. The number of anilines is 1. The third-order valence-corrected chi connectivity index (χ3v) is 6.51. The predicted molar refractivity (Wildman–Crippen MR) is 114 cm³/mol. The Morgan fingerprint density at radius 3 is 2.45 bits per heavy atom. The van der Waals surface area contributed by atoms with Crippen molar-refractivity contribution >= 4 is 23.4 Å². The number of quaternary nitrogens is 1. The lowest BCUT2D eigenvalue weighted by Crippen LogP contribution is -3.17. The van der Waals surface area contributed by atoms with Crippen molar-refractivity contribution in [3.8, 4) is 5.75 Å². The minimum absolute atomic E-state index is 0.0147. The standard InChI is InChI=1S/C23H31N3O5/c1-2-13-31-19-5-3-18(4-6-19)26-21(27)16-20(23(26)29)24-9-7-17(8-10-24)22(28)25-11-14-30-15-12-25/h3-6,17,20H,2,7-16H2,1H3/p+1/t20-/m1/s1. The second-order valence-corrected chi connectivity index (χ2v) is 8.54. The van der Waals surface area contributed by atoms with E-state index in [1.54, 1.807) is 24.3 Å². The molecule has 8 nitrogen and oxygen atoms in total. The highest BCUT2D eigenvalue weighted by Crippen LogP contribution is 2.25. The molecule has 0 aromatic heterocycles. The number of nitrogens with one attached hydrogen (secondary N) is 1. The molecule has 3 aliphatic heterocycles. The van der Waals surface area contributed by atoms with Crippen LogP contribution in [0.3, 0.4) is 0 Å². The SMILES string of the molecule is CCCOc1ccc(N2C(=O)C[C@@H]([NH+]3CCC(C(=O)N4CCOCC4)CC3)C2=O)cc1. The van der Waals surface area contributed by atoms with E-state index in [1.165, 1.54) is 4.90 Å². The fourth-order valence-electron chi connectivity index (χ4n) is 4.76. The van der Waals surface area contributed by atoms with Crippen molar-refractivity contribution < 1.29 is 28.8 Å². The summed E-state index contributed by atoms with van der Waals surface area (Å²) in [6.45, 7) is 6.70. The lowest BCUT2D eigenvalue weighted by molar-refractivity contribution is -0.920. The van der Waals surface area contributed by atoms with Gasteiger partial charge in [-0.25, -0.2) is 4.90 Å². The van der Waals surface area contributed by atoms with Gasteiger partial charge in [0.1, 0.15) is 5.75 Å². The molecule has 0 spiro atoms. The Morgan fingerprint density at radius 2 is 1.81 bits per heavy atom. The van der Waals surface area contributed by atoms with Crippen LogP contribution < -0.4 is 14.5 Å². The number of hydrogen-bond acceptors (Lipinski definition) is 5. The molecule has 0 unspecified atom stereocenters. The maximum Gasteiger partial charge on any atom is 0.292 e. The Labute approximate surface area is 183 Å². The molecule has 3 aliphatic rings. The molecular formula is C23H32N3O5+. The topological polar surface area (TPSA) is 80.6 Å². The Morgan fingerprint density at radius 1 is 1.13 bits per heavy atom. The number of benzene rings is 1. The maximum absolute atomic E-state index is 13.1. The molecule has 168 valence electrons. The van der Waals surface area contributed by atoms with E-state index >= 15 is 0 Å². The fourth-order valence-corrected chi connectivity index (χ4v) is 4.76. The third kappa shape index (κ3) is 4.75. The summed E-state index contributed by atoms with van der Waals surface area (Å²) in [5.74, 6) is 0.666. The Kier molecular flexibility index (Phi) is 6.87. The normalized spacial score (nSPS) is 26.9. The van der Waals surface area contributed by atoms with Gasteiger partial charge in [-0.3, -0.25) is 14.4 Å². The van der Waals surface area contributed by atoms with Crippen LogP contribution in [0, 0.1) is 5.92 Å². The van der Waals surface area contributed by atoms with Crippen LogP contribution in [0.5, 0.6) is 5.75 Å². The molecule has 0 radical (unpaired) electrons. The summed E-state index contributed by atoms with van der Waals surface area (Å²) in [6, 6.07) is 6.78. The number of morpholine rings is 1. The van der Waals surface area contributed by atoms with Crippen molar-refractivity contribution in [1.29, 1.82) is 0 Å². The fraction of sp³-hybridized carbons (Fsp3) is 0.609. The van der Waals surface area contributed by atoms with Crippen LogP contribution in [0.1, 0.15) is 32.6 Å². The van der Waals surface area contributed by atoms with E-state index in [-0.39, 0.29) is 36.1 Å². The first-order chi connectivity index (χ1) is 15.1. The number of amides is 3. The minimum Gasteiger partial charge on any atom is -0.494 e. The summed E-state index contributed by atoms with van der Waals surface area (Å²) in [5, 5.41) is 0. The van der Waals surface area contributed by atoms with Gasteiger partial charge in [0.2, 0.25) is 11.8 Å². The molecule has 3 amide bonds. The van der Waals surface area contributed by atoms with Crippen LogP contribution in [-0.4, -0.2) is 74.7 Å². The van der Waals surface area contributed by atoms with Crippen LogP contribution in [0.4, 0.5) is 5.69 Å². The number of imide groups is 1. The van der Waals surface area contributed by atoms with E-state index in [2.05, 4.69) is 0 Å². The van der Waals surface area contributed by atoms with Crippen LogP contribution in [0.15, 0.2) is 24.3 Å². The van der Waals surface area contributed by atoms with Crippen molar-refractivity contribution in [3.05, 3.63) is 24.3 Å². The molecule has 4 rings (SSSR count). The van der Waals surface area contributed by atoms with Crippen molar-refractivity contribution in [2.45, 2.75) is 38.6 Å². The molecule has 8 heteroatoms. The molecule has 1 N–H and O–H groups in total. The summed E-state index contributed by atoms with van der Waals surface area (Å²) in [6.07, 6.45) is 2.66. The number of likely N-dealkylation sites (tertiary alicyclic amines) is 1. The van der Waals surface area contributed by atoms with Crippen molar-refractivity contribution in [2.75, 3.05) is 50.9 Å². The number of nitrogens with zero attached hydrogens (tertiary/aromatic N) is 2. The van der Waals surface area contributed by atoms with Gasteiger partial charge in [-0.2, -0.15) is 0 Å². The van der Waals surface area contributed by atoms with Crippen LogP contribution in [0.25, 0.3) is 0 Å². The van der Waals surface area contributed by atoms with E-state index in [9.17, 15) is 14.4 Å². The first kappa shape index (κ1) is 21.8. The van der Waals surface area contributed by atoms with Gasteiger partial charge in [0.05, 0.1) is 45.0 Å². The van der Waals surface area contributed by atoms with E-state index < -0.39 is 0 Å². The second-order valence-electron chi connectivity index (χ2n) is 8.54. The van der Waals surface area contributed by atoms with E-state index in [1.807, 2.05) is 11.8 Å². The molecule has 1 aromatic carbocycles. The highest BCUT2D eigenvalue weighted by molar-refractivity contribution is 6.21. The van der Waals surface area contributed by atoms with Gasteiger partial charge in [-0.1, -0.05) is 6.92 Å². The molecule has 1 atom stereocenters. The summed E-state index contributed by atoms with van der Waals surface area (Å²) in [5.41, 5.74) is 0.595. The maximum atomic E-state index is 13.1. The van der Waals surface area contributed by atoms with E-state index in [4.69, 9.17) is 9.47 Å². The van der Waals surface area contributed by atoms with E-state index in [0.29, 0.717) is 38.6 Å². The van der Waals surface area contributed by atoms with Gasteiger partial charge in [0.15, 0.2) is 6.04 Å². The molecule has 3 saturated heterocycles. The first-order valence-corrected chi connectivity index (χ1v) is 11.4. The number of hydrogen-bond donors (Lipinski definition) is 1. The van der Waals surface area contributed by atoms with Crippen LogP contribution in [-0.2, 0) is 19.1 Å². The predicted octanol–water partition coefficient (Wildman–Crippen LogP) is 0.261. The molecule has 31 heavy (non-hydrogen) atoms. The van der Waals surface area contributed by atoms with Gasteiger partial charge < -0.3 is 19.3 Å². The number of piperidine rings is 1. The summed E-state index contributed by atoms with van der Waals surface area (Å²) in [4.78, 5) is 42.8. The molecule has 0 bridgehead atoms. The average Bonchev–Trinajstić information content (AvgIpc) is 3.12. The smallest absolute Gasteiger partial charge is 0.292 e. The third-order valence-electron chi connectivity index (χ3n) is 6.51. The number of rotatable bonds is 6. The highest BCUT2D eigenvalue weighted by atomic mass is 16.5. The average molecular weight is 431 g/mol. The number of ether oxygens (including phenoxy) is 2. The Balaban J connectivity index is 1.34. The van der Waals surface area contributed by atoms with Gasteiger partial charge in [0, 0.05) is 31.8 Å². The van der Waals surface area contributed by atoms with Gasteiger partial charge in [-0.05, 0) is 30.7 Å². The van der Waals surface area contributed by atoms with Crippen molar-refractivity contribution in [2.24, 2.45) is 5.92 Å². The van der Waals surface area contributed by atoms with E-state index in [0.717, 1.165) is 43.0 Å². The largest absolute Gasteiger partial charge is 0.494 e. The molecule has 0 aliphatic carbocycles. The quantitative estimate of drug-likeness (QED) is 0.655. The molecular weight excluding hydrogens is 398 g/mol. The Bertz CT molecular complexity index is 798. The van der Waals surface area contributed by atoms with Crippen LogP contribution >= 0.6 is 0 Å². The number of carbonyl (C=O) groups excluding carboxylic acids is 3. The number of carbonyl (C=O) groups is 3. The molecule has 3 fully saturated rings.